The zero-order valence-corrected chi connectivity index (χ0v) is 22.6. The maximum atomic E-state index is 13.2. The number of urea groups is 1. The van der Waals surface area contributed by atoms with Crippen molar-refractivity contribution in [3.63, 3.8) is 0 Å². The van der Waals surface area contributed by atoms with E-state index >= 15 is 0 Å². The molecular formula is C27H21BrClN3O6. The fraction of sp³-hybridized carbons (Fsp3) is 0.111. The number of nitrogens with one attached hydrogen (secondary N) is 2. The number of aryl methyl sites for hydroxylation is 1. The molecule has 194 valence electrons. The lowest BCUT2D eigenvalue weighted by molar-refractivity contribution is -0.122. The van der Waals surface area contributed by atoms with Crippen LogP contribution >= 0.6 is 27.5 Å². The number of nitrogens with zero attached hydrogens (tertiary/aromatic N) is 1. The van der Waals surface area contributed by atoms with Crippen molar-refractivity contribution in [3.8, 4) is 11.5 Å². The van der Waals surface area contributed by atoms with Crippen LogP contribution in [0.3, 0.4) is 0 Å². The van der Waals surface area contributed by atoms with Crippen molar-refractivity contribution < 1.29 is 28.7 Å². The number of para-hydroxylation sites is 2. The minimum Gasteiger partial charge on any atom is -0.495 e. The number of methoxy groups -OCH3 is 1. The summed E-state index contributed by atoms with van der Waals surface area (Å²) in [6, 6.07) is 15.7. The van der Waals surface area contributed by atoms with Gasteiger partial charge in [-0.2, -0.15) is 0 Å². The number of rotatable bonds is 7. The van der Waals surface area contributed by atoms with Gasteiger partial charge in [-0.15, -0.1) is 0 Å². The Morgan fingerprint density at radius 2 is 1.84 bits per heavy atom. The van der Waals surface area contributed by atoms with E-state index in [-0.39, 0.29) is 17.9 Å². The maximum absolute atomic E-state index is 13.2. The minimum absolute atomic E-state index is 0.235. The Hall–Kier alpha value is -4.15. The van der Waals surface area contributed by atoms with Gasteiger partial charge in [0, 0.05) is 5.02 Å². The van der Waals surface area contributed by atoms with E-state index < -0.39 is 23.8 Å². The van der Waals surface area contributed by atoms with E-state index in [9.17, 15) is 19.2 Å². The second-order valence-corrected chi connectivity index (χ2v) is 9.41. The Balaban J connectivity index is 1.50. The summed E-state index contributed by atoms with van der Waals surface area (Å²) in [6.07, 6.45) is 1.36. The van der Waals surface area contributed by atoms with Crippen molar-refractivity contribution >= 4 is 68.7 Å². The summed E-state index contributed by atoms with van der Waals surface area (Å²) in [4.78, 5) is 51.4. The van der Waals surface area contributed by atoms with Crippen LogP contribution in [0.4, 0.5) is 16.2 Å². The molecule has 0 atom stereocenters. The van der Waals surface area contributed by atoms with Gasteiger partial charge >= 0.3 is 6.03 Å². The normalized spacial score (nSPS) is 14.4. The number of imide groups is 2. The zero-order valence-electron chi connectivity index (χ0n) is 20.2. The third-order valence-corrected chi connectivity index (χ3v) is 6.38. The molecule has 1 saturated heterocycles. The summed E-state index contributed by atoms with van der Waals surface area (Å²) < 4.78 is 11.3. The molecule has 4 rings (SSSR count). The van der Waals surface area contributed by atoms with Crippen molar-refractivity contribution in [1.82, 2.24) is 5.32 Å². The molecule has 0 aliphatic carbocycles. The number of hydrogen-bond acceptors (Lipinski definition) is 6. The monoisotopic (exact) mass is 597 g/mol. The first-order valence-corrected chi connectivity index (χ1v) is 12.4. The predicted molar refractivity (Wildman–Crippen MR) is 146 cm³/mol. The summed E-state index contributed by atoms with van der Waals surface area (Å²) in [5.41, 5.74) is 1.67. The second kappa shape index (κ2) is 11.5. The van der Waals surface area contributed by atoms with E-state index in [4.69, 9.17) is 21.1 Å². The van der Waals surface area contributed by atoms with Crippen molar-refractivity contribution in [3.05, 3.63) is 86.9 Å². The van der Waals surface area contributed by atoms with Crippen molar-refractivity contribution in [2.24, 2.45) is 0 Å². The highest BCUT2D eigenvalue weighted by molar-refractivity contribution is 9.10. The Bertz CT molecular complexity index is 1490. The van der Waals surface area contributed by atoms with Crippen LogP contribution in [0.2, 0.25) is 5.02 Å². The molecule has 0 bridgehead atoms. The number of benzene rings is 3. The number of amides is 5. The number of halogens is 2. The third-order valence-electron chi connectivity index (χ3n) is 5.52. The van der Waals surface area contributed by atoms with Gasteiger partial charge in [0.05, 0.1) is 23.0 Å². The highest BCUT2D eigenvalue weighted by atomic mass is 79.9. The van der Waals surface area contributed by atoms with Crippen molar-refractivity contribution in [2.45, 2.75) is 6.92 Å². The molecule has 1 fully saturated rings. The quantitative estimate of drug-likeness (QED) is 0.289. The Kier molecular flexibility index (Phi) is 8.13. The van der Waals surface area contributed by atoms with E-state index in [1.54, 1.807) is 61.5 Å². The van der Waals surface area contributed by atoms with Gasteiger partial charge in [-0.3, -0.25) is 19.7 Å². The fourth-order valence-electron chi connectivity index (χ4n) is 3.67. The summed E-state index contributed by atoms with van der Waals surface area (Å²) in [5, 5.41) is 5.24. The van der Waals surface area contributed by atoms with Crippen LogP contribution in [0.25, 0.3) is 6.08 Å². The van der Waals surface area contributed by atoms with Gasteiger partial charge in [0.1, 0.15) is 17.1 Å². The van der Waals surface area contributed by atoms with Crippen LogP contribution in [0, 0.1) is 6.92 Å². The van der Waals surface area contributed by atoms with Crippen LogP contribution < -0.4 is 25.0 Å². The molecule has 0 aromatic heterocycles. The topological polar surface area (TPSA) is 114 Å². The van der Waals surface area contributed by atoms with Crippen LogP contribution in [0.5, 0.6) is 11.5 Å². The molecular weight excluding hydrogens is 578 g/mol. The van der Waals surface area contributed by atoms with Crippen LogP contribution in [-0.4, -0.2) is 37.5 Å². The van der Waals surface area contributed by atoms with E-state index in [1.807, 2.05) is 0 Å². The molecule has 1 aliphatic rings. The van der Waals surface area contributed by atoms with Crippen LogP contribution in [-0.2, 0) is 14.4 Å². The van der Waals surface area contributed by atoms with Gasteiger partial charge in [-0.25, -0.2) is 9.69 Å². The fourth-order valence-corrected chi connectivity index (χ4v) is 4.35. The first-order chi connectivity index (χ1) is 18.2. The summed E-state index contributed by atoms with van der Waals surface area (Å²) >= 11 is 9.45. The van der Waals surface area contributed by atoms with Crippen molar-refractivity contribution in [2.75, 3.05) is 23.9 Å². The first kappa shape index (κ1) is 26.9. The molecule has 38 heavy (non-hydrogen) atoms. The summed E-state index contributed by atoms with van der Waals surface area (Å²) in [6.45, 7) is 1.45. The van der Waals surface area contributed by atoms with E-state index in [2.05, 4.69) is 26.6 Å². The molecule has 9 nitrogen and oxygen atoms in total. The average Bonchev–Trinajstić information content (AvgIpc) is 2.88. The SMILES string of the molecule is COc1ccccc1NC(=O)COc1ccc(/C=C2\C(=O)NC(=O)N(c3cc(Cl)ccc3C)C2=O)cc1Br. The van der Waals surface area contributed by atoms with Gasteiger partial charge in [-0.1, -0.05) is 35.9 Å². The average molecular weight is 599 g/mol. The number of ether oxygens (including phenoxy) is 2. The molecule has 3 aromatic carbocycles. The first-order valence-electron chi connectivity index (χ1n) is 11.2. The molecule has 5 amide bonds. The van der Waals surface area contributed by atoms with Gasteiger partial charge in [0.2, 0.25) is 0 Å². The van der Waals surface area contributed by atoms with Crippen LogP contribution in [0.1, 0.15) is 11.1 Å². The molecule has 1 aliphatic heterocycles. The predicted octanol–water partition coefficient (Wildman–Crippen LogP) is 5.10. The van der Waals surface area contributed by atoms with Gasteiger partial charge in [0.15, 0.2) is 6.61 Å². The molecule has 0 saturated carbocycles. The second-order valence-electron chi connectivity index (χ2n) is 8.12. The number of carbonyl (C=O) groups excluding carboxylic acids is 4. The Labute approximate surface area is 231 Å². The van der Waals surface area contributed by atoms with Gasteiger partial charge in [-0.05, 0) is 76.5 Å². The van der Waals surface area contributed by atoms with Crippen molar-refractivity contribution in [1.29, 1.82) is 0 Å². The minimum atomic E-state index is -0.862. The number of anilines is 2. The summed E-state index contributed by atoms with van der Waals surface area (Å²) in [5.74, 6) is -1.10. The third kappa shape index (κ3) is 5.87. The Morgan fingerprint density at radius 1 is 1.08 bits per heavy atom. The zero-order chi connectivity index (χ0) is 27.4. The molecule has 3 aromatic rings. The largest absolute Gasteiger partial charge is 0.495 e. The lowest BCUT2D eigenvalue weighted by atomic mass is 10.1. The molecule has 1 heterocycles. The highest BCUT2D eigenvalue weighted by Crippen LogP contribution is 2.30. The Morgan fingerprint density at radius 3 is 2.58 bits per heavy atom. The maximum Gasteiger partial charge on any atom is 0.335 e. The highest BCUT2D eigenvalue weighted by Gasteiger charge is 2.37. The number of carbonyl (C=O) groups is 4. The molecule has 0 spiro atoms. The van der Waals surface area contributed by atoms with Crippen LogP contribution in [0.15, 0.2) is 70.7 Å². The van der Waals surface area contributed by atoms with Gasteiger partial charge < -0.3 is 14.8 Å². The van der Waals surface area contributed by atoms with E-state index in [1.165, 1.54) is 19.3 Å². The molecule has 0 unspecified atom stereocenters. The lowest BCUT2D eigenvalue weighted by Gasteiger charge is -2.27. The molecule has 2 N–H and O–H groups in total. The summed E-state index contributed by atoms with van der Waals surface area (Å²) in [7, 11) is 1.51. The molecule has 11 heteroatoms. The van der Waals surface area contributed by atoms with E-state index in [0.717, 1.165) is 4.90 Å². The van der Waals surface area contributed by atoms with Gasteiger partial charge in [0.25, 0.3) is 17.7 Å². The number of hydrogen-bond donors (Lipinski definition) is 2. The number of barbiturate groups is 1. The standard InChI is InChI=1S/C27H21BrClN3O6/c1-15-7-9-17(29)13-21(15)32-26(35)18(25(34)31-27(32)36)11-16-8-10-22(19(28)12-16)38-14-24(33)30-20-5-3-4-6-23(20)37-2/h3-13H,14H2,1-2H3,(H,30,33)(H,31,34,36)/b18-11+. The van der Waals surface area contributed by atoms with E-state index in [0.29, 0.717) is 37.8 Å². The molecule has 0 radical (unpaired) electrons. The lowest BCUT2D eigenvalue weighted by Crippen LogP contribution is -2.54. The smallest absolute Gasteiger partial charge is 0.335 e.